The topological polar surface area (TPSA) is 232 Å². The Kier molecular flexibility index (Phi) is 10.2. The van der Waals surface area contributed by atoms with Crippen molar-refractivity contribution in [3.63, 3.8) is 0 Å². The van der Waals surface area contributed by atoms with Crippen molar-refractivity contribution in [1.29, 1.82) is 0 Å². The van der Waals surface area contributed by atoms with Gasteiger partial charge in [0, 0.05) is 42.9 Å². The predicted octanol–water partition coefficient (Wildman–Crippen LogP) is -0.187. The van der Waals surface area contributed by atoms with Crippen molar-refractivity contribution in [2.75, 3.05) is 6.54 Å². The Morgan fingerprint density at radius 2 is 1.60 bits per heavy atom. The van der Waals surface area contributed by atoms with Gasteiger partial charge in [-0.05, 0) is 37.3 Å². The largest absolute Gasteiger partial charge is 0.481 e. The summed E-state index contributed by atoms with van der Waals surface area (Å²) in [5, 5.41) is 33.3. The SMILES string of the molecule is NC(CCC(=O)O)C(=O)NC(CCC(=O)O)C(=O)NC(Cc1c[nH]c2ccccc12)C(=O)N1CCCC1C(=O)O. The molecule has 8 N–H and O–H groups in total. The van der Waals surface area contributed by atoms with Gasteiger partial charge in [-0.2, -0.15) is 0 Å². The van der Waals surface area contributed by atoms with E-state index in [1.165, 1.54) is 4.90 Å². The van der Waals surface area contributed by atoms with E-state index >= 15 is 0 Å². The van der Waals surface area contributed by atoms with E-state index in [1.54, 1.807) is 12.3 Å². The van der Waals surface area contributed by atoms with Crippen LogP contribution in [0.5, 0.6) is 0 Å². The maximum Gasteiger partial charge on any atom is 0.326 e. The highest BCUT2D eigenvalue weighted by molar-refractivity contribution is 5.95. The Balaban J connectivity index is 1.85. The Labute approximate surface area is 228 Å². The van der Waals surface area contributed by atoms with Crippen molar-refractivity contribution in [2.24, 2.45) is 5.73 Å². The number of carboxylic acid groups (broad SMARTS) is 3. The monoisotopic (exact) mass is 559 g/mol. The standard InChI is InChI=1S/C26H33N5O9/c27-16(7-9-21(32)33)23(36)29-18(8-10-22(34)35)24(37)30-19(25(38)31-11-3-6-20(31)26(39)40)12-14-13-28-17-5-2-1-4-15(14)17/h1-2,4-5,13,16,18-20,28H,3,6-12,27H2,(H,29,36)(H,30,37)(H,32,33)(H,34,35)(H,39,40). The Morgan fingerprint density at radius 1 is 0.950 bits per heavy atom. The number of H-pyrrole nitrogens is 1. The second-order valence-electron chi connectivity index (χ2n) is 9.69. The molecule has 3 rings (SSSR count). The van der Waals surface area contributed by atoms with E-state index in [0.29, 0.717) is 12.0 Å². The van der Waals surface area contributed by atoms with E-state index in [4.69, 9.17) is 15.9 Å². The van der Waals surface area contributed by atoms with Crippen LogP contribution in [0.3, 0.4) is 0 Å². The van der Waals surface area contributed by atoms with Gasteiger partial charge in [0.2, 0.25) is 17.7 Å². The molecular formula is C26H33N5O9. The Hall–Kier alpha value is -4.46. The molecule has 2 heterocycles. The molecule has 2 aromatic rings. The van der Waals surface area contributed by atoms with Crippen molar-refractivity contribution in [2.45, 2.75) is 69.1 Å². The number of likely N-dealkylation sites (tertiary alicyclic amines) is 1. The highest BCUT2D eigenvalue weighted by Gasteiger charge is 2.38. The molecule has 1 fully saturated rings. The molecule has 3 amide bonds. The molecule has 4 unspecified atom stereocenters. The van der Waals surface area contributed by atoms with Gasteiger partial charge in [0.15, 0.2) is 0 Å². The number of carbonyl (C=O) groups is 6. The summed E-state index contributed by atoms with van der Waals surface area (Å²) < 4.78 is 0. The van der Waals surface area contributed by atoms with E-state index in [1.807, 2.05) is 18.2 Å². The van der Waals surface area contributed by atoms with Crippen molar-refractivity contribution in [3.8, 4) is 0 Å². The summed E-state index contributed by atoms with van der Waals surface area (Å²) in [5.41, 5.74) is 7.22. The van der Waals surface area contributed by atoms with Crippen LogP contribution in [0.15, 0.2) is 30.5 Å². The fourth-order valence-electron chi connectivity index (χ4n) is 4.71. The first-order chi connectivity index (χ1) is 19.0. The fourth-order valence-corrected chi connectivity index (χ4v) is 4.71. The first-order valence-electron chi connectivity index (χ1n) is 12.9. The van der Waals surface area contributed by atoms with E-state index in [2.05, 4.69) is 15.6 Å². The number of carboxylic acids is 3. The first-order valence-corrected chi connectivity index (χ1v) is 12.9. The maximum absolute atomic E-state index is 13.6. The average molecular weight is 560 g/mol. The number of aromatic amines is 1. The molecule has 1 aromatic carbocycles. The zero-order valence-corrected chi connectivity index (χ0v) is 21.7. The van der Waals surface area contributed by atoms with Gasteiger partial charge in [-0.15, -0.1) is 0 Å². The first kappa shape index (κ1) is 30.1. The van der Waals surface area contributed by atoms with Crippen LogP contribution in [0.25, 0.3) is 10.9 Å². The summed E-state index contributed by atoms with van der Waals surface area (Å²) >= 11 is 0. The van der Waals surface area contributed by atoms with E-state index in [-0.39, 0.29) is 38.6 Å². The second kappa shape index (κ2) is 13.6. The number of fused-ring (bicyclic) bond motifs is 1. The lowest BCUT2D eigenvalue weighted by Gasteiger charge is -2.29. The van der Waals surface area contributed by atoms with Gasteiger partial charge in [0.05, 0.1) is 6.04 Å². The number of carbonyl (C=O) groups excluding carboxylic acids is 3. The quantitative estimate of drug-likeness (QED) is 0.161. The molecule has 1 saturated heterocycles. The molecule has 14 heteroatoms. The molecule has 14 nitrogen and oxygen atoms in total. The van der Waals surface area contributed by atoms with Gasteiger partial charge in [0.25, 0.3) is 0 Å². The minimum absolute atomic E-state index is 0.00481. The van der Waals surface area contributed by atoms with Crippen molar-refractivity contribution >= 4 is 46.5 Å². The lowest BCUT2D eigenvalue weighted by atomic mass is 10.0. The number of aliphatic carboxylic acids is 3. The zero-order chi connectivity index (χ0) is 29.4. The van der Waals surface area contributed by atoms with Gasteiger partial charge in [-0.1, -0.05) is 18.2 Å². The van der Waals surface area contributed by atoms with Gasteiger partial charge < -0.3 is 41.6 Å². The lowest BCUT2D eigenvalue weighted by Crippen LogP contribution is -2.57. The summed E-state index contributed by atoms with van der Waals surface area (Å²) in [7, 11) is 0. The molecule has 0 radical (unpaired) electrons. The van der Waals surface area contributed by atoms with Crippen LogP contribution in [0, 0.1) is 0 Å². The number of rotatable bonds is 14. The molecule has 1 aliphatic heterocycles. The summed E-state index contributed by atoms with van der Waals surface area (Å²) in [4.78, 5) is 77.6. The average Bonchev–Trinajstić information content (AvgIpc) is 3.56. The van der Waals surface area contributed by atoms with Crippen LogP contribution in [0.4, 0.5) is 0 Å². The van der Waals surface area contributed by atoms with Crippen molar-refractivity contribution < 1.29 is 44.1 Å². The van der Waals surface area contributed by atoms with Crippen LogP contribution in [0.2, 0.25) is 0 Å². The highest BCUT2D eigenvalue weighted by atomic mass is 16.4. The van der Waals surface area contributed by atoms with Gasteiger partial charge in [-0.25, -0.2) is 4.79 Å². The number of amides is 3. The molecule has 1 aromatic heterocycles. The Bertz CT molecular complexity index is 1280. The Morgan fingerprint density at radius 3 is 2.27 bits per heavy atom. The molecule has 0 spiro atoms. The normalized spacial score (nSPS) is 17.1. The van der Waals surface area contributed by atoms with Crippen LogP contribution in [-0.2, 0) is 35.2 Å². The molecule has 4 atom stereocenters. The number of benzene rings is 1. The molecule has 40 heavy (non-hydrogen) atoms. The third-order valence-electron chi connectivity index (χ3n) is 6.82. The minimum atomic E-state index is -1.40. The number of hydrogen-bond donors (Lipinski definition) is 7. The van der Waals surface area contributed by atoms with Gasteiger partial charge >= 0.3 is 17.9 Å². The minimum Gasteiger partial charge on any atom is -0.481 e. The van der Waals surface area contributed by atoms with Crippen LogP contribution in [0.1, 0.15) is 44.1 Å². The molecule has 216 valence electrons. The summed E-state index contributed by atoms with van der Waals surface area (Å²) in [6.07, 6.45) is 1.01. The number of aromatic nitrogens is 1. The number of para-hydroxylation sites is 1. The van der Waals surface area contributed by atoms with Crippen LogP contribution >= 0.6 is 0 Å². The van der Waals surface area contributed by atoms with Crippen LogP contribution < -0.4 is 16.4 Å². The molecule has 0 aliphatic carbocycles. The fraction of sp³-hybridized carbons (Fsp3) is 0.462. The van der Waals surface area contributed by atoms with E-state index in [9.17, 15) is 33.9 Å². The molecule has 0 bridgehead atoms. The molecule has 0 saturated carbocycles. The number of nitrogens with zero attached hydrogens (tertiary/aromatic N) is 1. The maximum atomic E-state index is 13.6. The number of hydrogen-bond acceptors (Lipinski definition) is 7. The van der Waals surface area contributed by atoms with Crippen LogP contribution in [-0.4, -0.2) is 91.5 Å². The summed E-state index contributed by atoms with van der Waals surface area (Å²) in [6, 6.07) is 2.36. The van der Waals surface area contributed by atoms with E-state index < -0.39 is 66.2 Å². The van der Waals surface area contributed by atoms with Gasteiger partial charge in [0.1, 0.15) is 18.1 Å². The van der Waals surface area contributed by atoms with E-state index in [0.717, 1.165) is 10.9 Å². The highest BCUT2D eigenvalue weighted by Crippen LogP contribution is 2.23. The smallest absolute Gasteiger partial charge is 0.326 e. The predicted molar refractivity (Wildman–Crippen MR) is 140 cm³/mol. The van der Waals surface area contributed by atoms with Crippen molar-refractivity contribution in [1.82, 2.24) is 20.5 Å². The molecule has 1 aliphatic rings. The third kappa shape index (κ3) is 7.79. The zero-order valence-electron chi connectivity index (χ0n) is 21.7. The third-order valence-corrected chi connectivity index (χ3v) is 6.82. The number of nitrogens with one attached hydrogen (secondary N) is 3. The molecular weight excluding hydrogens is 526 g/mol. The second-order valence-corrected chi connectivity index (χ2v) is 9.69. The summed E-state index contributed by atoms with van der Waals surface area (Å²) in [5.74, 6) is -5.88. The summed E-state index contributed by atoms with van der Waals surface area (Å²) in [6.45, 7) is 0.188. The lowest BCUT2D eigenvalue weighted by molar-refractivity contribution is -0.149. The number of nitrogens with two attached hydrogens (primary N) is 1. The van der Waals surface area contributed by atoms with Gasteiger partial charge in [-0.3, -0.25) is 24.0 Å². The van der Waals surface area contributed by atoms with Crippen molar-refractivity contribution in [3.05, 3.63) is 36.0 Å².